The number of fused-ring (bicyclic) bond motifs is 1. The number of nitrogens with zero attached hydrogens (tertiary/aromatic N) is 2. The molecule has 0 saturated carbocycles. The smallest absolute Gasteiger partial charge is 0.329 e. The van der Waals surface area contributed by atoms with Crippen LogP contribution in [0, 0.1) is 11.8 Å². The van der Waals surface area contributed by atoms with Crippen molar-refractivity contribution in [3.63, 3.8) is 0 Å². The number of ether oxygens (including phenoxy) is 7. The minimum Gasteiger partial charge on any atom is -0.496 e. The lowest BCUT2D eigenvalue weighted by Gasteiger charge is -2.44. The SMILES string of the molecule is COCCCN1CCOc2ccc(CO[C@H]3CN(C(=O)[C@@H](N)C(C)C)C[C@@H](OC(=O)[C@@H](NC(=O)CN)C(C)C)[C@@H]3c3ccc(OCCCOCc4ccccc4OC)cc3)cc21. The maximum absolute atomic E-state index is 14.0. The van der Waals surface area contributed by atoms with Crippen LogP contribution in [-0.4, -0.2) is 120 Å². The number of esters is 1. The molecular weight excluding hydrogens is 795 g/mol. The van der Waals surface area contributed by atoms with Crippen molar-refractivity contribution in [1.29, 1.82) is 0 Å². The Bertz CT molecular complexity index is 1880. The maximum Gasteiger partial charge on any atom is 0.329 e. The standard InChI is InChI=1S/C47H67N5O10/c1-31(2)44(49)46(54)52-27-40(61-29-33-13-18-39-37(25-33)51(20-24-60-39)19-9-21-56-5)43(41(28-52)62-47(55)45(32(3)4)50-42(53)26-48)34-14-16-36(17-15-34)59-23-10-22-58-30-35-11-7-8-12-38(35)57-6/h7-8,11-18,25,31-32,40-41,43-45H,9-10,19-24,26-30,48-49H2,1-6H3,(H,50,53)/t40-,41+,43+,44-,45-/m0/s1. The second kappa shape index (κ2) is 24.1. The summed E-state index contributed by atoms with van der Waals surface area (Å²) < 4.78 is 41.9. The molecule has 2 aliphatic rings. The molecule has 3 aromatic rings. The summed E-state index contributed by atoms with van der Waals surface area (Å²) in [6.07, 6.45) is 0.0615. The van der Waals surface area contributed by atoms with E-state index in [1.165, 1.54) is 0 Å². The monoisotopic (exact) mass is 861 g/mol. The Morgan fingerprint density at radius 1 is 0.887 bits per heavy atom. The molecule has 0 bridgehead atoms. The van der Waals surface area contributed by atoms with Gasteiger partial charge < -0.3 is 59.7 Å². The maximum atomic E-state index is 14.0. The Balaban J connectivity index is 1.38. The molecule has 3 aromatic carbocycles. The highest BCUT2D eigenvalue weighted by Gasteiger charge is 2.44. The van der Waals surface area contributed by atoms with Gasteiger partial charge in [-0.3, -0.25) is 9.59 Å². The minimum atomic E-state index is -0.964. The lowest BCUT2D eigenvalue weighted by Crippen LogP contribution is -2.59. The van der Waals surface area contributed by atoms with Crippen molar-refractivity contribution < 1.29 is 47.5 Å². The van der Waals surface area contributed by atoms with Gasteiger partial charge in [-0.1, -0.05) is 64.1 Å². The number of benzene rings is 3. The summed E-state index contributed by atoms with van der Waals surface area (Å²) in [5, 5.41) is 2.71. The van der Waals surface area contributed by atoms with Gasteiger partial charge in [0.2, 0.25) is 11.8 Å². The van der Waals surface area contributed by atoms with Gasteiger partial charge >= 0.3 is 5.97 Å². The summed E-state index contributed by atoms with van der Waals surface area (Å²) in [6.45, 7) is 11.8. The molecule has 340 valence electrons. The van der Waals surface area contributed by atoms with Crippen LogP contribution >= 0.6 is 0 Å². The van der Waals surface area contributed by atoms with E-state index in [9.17, 15) is 14.4 Å². The molecule has 15 nitrogen and oxygen atoms in total. The summed E-state index contributed by atoms with van der Waals surface area (Å²) in [4.78, 5) is 44.3. The highest BCUT2D eigenvalue weighted by molar-refractivity contribution is 5.86. The molecule has 2 aliphatic heterocycles. The highest BCUT2D eigenvalue weighted by atomic mass is 16.6. The topological polar surface area (TPSA) is 186 Å². The van der Waals surface area contributed by atoms with Gasteiger partial charge in [-0.2, -0.15) is 0 Å². The number of methoxy groups -OCH3 is 2. The Morgan fingerprint density at radius 3 is 2.35 bits per heavy atom. The molecule has 62 heavy (non-hydrogen) atoms. The molecule has 5 rings (SSSR count). The van der Waals surface area contributed by atoms with Crippen LogP contribution in [0.2, 0.25) is 0 Å². The van der Waals surface area contributed by atoms with Crippen LogP contribution in [0.3, 0.4) is 0 Å². The molecule has 5 N–H and O–H groups in total. The van der Waals surface area contributed by atoms with Gasteiger partial charge in [-0.15, -0.1) is 0 Å². The Labute approximate surface area is 366 Å². The average Bonchev–Trinajstić information content (AvgIpc) is 3.28. The normalized spacial score (nSPS) is 18.5. The first-order valence-electron chi connectivity index (χ1n) is 21.7. The summed E-state index contributed by atoms with van der Waals surface area (Å²) in [6, 6.07) is 19.7. The quantitative estimate of drug-likeness (QED) is 0.0900. The molecule has 15 heteroatoms. The summed E-state index contributed by atoms with van der Waals surface area (Å²) in [7, 11) is 3.34. The van der Waals surface area contributed by atoms with E-state index in [1.54, 1.807) is 19.1 Å². The fourth-order valence-corrected chi connectivity index (χ4v) is 7.69. The van der Waals surface area contributed by atoms with Crippen LogP contribution in [0.15, 0.2) is 66.7 Å². The zero-order chi connectivity index (χ0) is 44.6. The summed E-state index contributed by atoms with van der Waals surface area (Å²) >= 11 is 0. The number of rotatable bonds is 23. The first kappa shape index (κ1) is 48.1. The number of hydrogen-bond donors (Lipinski definition) is 3. The van der Waals surface area contributed by atoms with Crippen molar-refractivity contribution in [2.45, 2.75) is 84.0 Å². The number of amides is 2. The van der Waals surface area contributed by atoms with Crippen molar-refractivity contribution in [3.8, 4) is 17.2 Å². The predicted molar refractivity (Wildman–Crippen MR) is 236 cm³/mol. The highest BCUT2D eigenvalue weighted by Crippen LogP contribution is 2.37. The number of likely N-dealkylation sites (tertiary alicyclic amines) is 1. The second-order valence-electron chi connectivity index (χ2n) is 16.5. The molecule has 0 radical (unpaired) electrons. The minimum absolute atomic E-state index is 0.0743. The fourth-order valence-electron chi connectivity index (χ4n) is 7.69. The molecule has 5 atom stereocenters. The van der Waals surface area contributed by atoms with Gasteiger partial charge in [0.1, 0.15) is 36.0 Å². The number of anilines is 1. The third-order valence-electron chi connectivity index (χ3n) is 11.2. The number of hydrogen-bond acceptors (Lipinski definition) is 13. The Kier molecular flexibility index (Phi) is 18.7. The first-order valence-corrected chi connectivity index (χ1v) is 21.7. The lowest BCUT2D eigenvalue weighted by molar-refractivity contribution is -0.167. The Morgan fingerprint density at radius 2 is 1.65 bits per heavy atom. The van der Waals surface area contributed by atoms with Crippen LogP contribution in [0.1, 0.15) is 63.1 Å². The van der Waals surface area contributed by atoms with Crippen LogP contribution in [0.5, 0.6) is 17.2 Å². The fraction of sp³-hybridized carbons (Fsp3) is 0.553. The van der Waals surface area contributed by atoms with Gasteiger partial charge in [0.25, 0.3) is 0 Å². The molecule has 0 spiro atoms. The number of nitrogens with two attached hydrogens (primary N) is 2. The molecular formula is C47H67N5O10. The summed E-state index contributed by atoms with van der Waals surface area (Å²) in [5.74, 6) is -0.0602. The molecule has 1 saturated heterocycles. The van der Waals surface area contributed by atoms with E-state index in [0.717, 1.165) is 53.4 Å². The summed E-state index contributed by atoms with van der Waals surface area (Å²) in [5.41, 5.74) is 15.8. The zero-order valence-electron chi connectivity index (χ0n) is 37.2. The molecule has 2 heterocycles. The third kappa shape index (κ3) is 13.3. The van der Waals surface area contributed by atoms with Crippen molar-refractivity contribution >= 4 is 23.5 Å². The zero-order valence-corrected chi connectivity index (χ0v) is 37.2. The Hall–Kier alpha value is -4.93. The van der Waals surface area contributed by atoms with Crippen molar-refractivity contribution in [1.82, 2.24) is 10.2 Å². The third-order valence-corrected chi connectivity index (χ3v) is 11.2. The average molecular weight is 862 g/mol. The molecule has 1 fully saturated rings. The van der Waals surface area contributed by atoms with E-state index in [4.69, 9.17) is 44.6 Å². The van der Waals surface area contributed by atoms with Crippen molar-refractivity contribution in [2.24, 2.45) is 23.3 Å². The largest absolute Gasteiger partial charge is 0.496 e. The first-order chi connectivity index (χ1) is 29.9. The number of piperidine rings is 1. The van der Waals surface area contributed by atoms with Gasteiger partial charge in [-0.05, 0) is 59.7 Å². The number of para-hydroxylation sites is 1. The predicted octanol–water partition coefficient (Wildman–Crippen LogP) is 4.42. The molecule has 2 amide bonds. The number of carbonyl (C=O) groups excluding carboxylic acids is 3. The van der Waals surface area contributed by atoms with Gasteiger partial charge in [0.05, 0.1) is 76.9 Å². The van der Waals surface area contributed by atoms with Crippen LogP contribution in [-0.2, 0) is 46.5 Å². The molecule has 0 aliphatic carbocycles. The van der Waals surface area contributed by atoms with Crippen molar-refractivity contribution in [3.05, 3.63) is 83.4 Å². The van der Waals surface area contributed by atoms with E-state index in [2.05, 4.69) is 16.3 Å². The van der Waals surface area contributed by atoms with Crippen molar-refractivity contribution in [2.75, 3.05) is 78.3 Å². The van der Waals surface area contributed by atoms with Gasteiger partial charge in [0.15, 0.2) is 0 Å². The molecule has 0 unspecified atom stereocenters. The van der Waals surface area contributed by atoms with Gasteiger partial charge in [-0.25, -0.2) is 4.79 Å². The molecule has 0 aromatic heterocycles. The van der Waals surface area contributed by atoms with Crippen LogP contribution in [0.25, 0.3) is 0 Å². The van der Waals surface area contributed by atoms with E-state index >= 15 is 0 Å². The number of carbonyl (C=O) groups is 3. The lowest BCUT2D eigenvalue weighted by atomic mass is 9.83. The van der Waals surface area contributed by atoms with Gasteiger partial charge in [0, 0.05) is 38.8 Å². The van der Waals surface area contributed by atoms with E-state index in [1.807, 2.05) is 88.4 Å². The van der Waals surface area contributed by atoms with Crippen LogP contribution < -0.4 is 35.9 Å². The van der Waals surface area contributed by atoms with E-state index < -0.39 is 42.1 Å². The van der Waals surface area contributed by atoms with Crippen LogP contribution in [0.4, 0.5) is 5.69 Å². The van der Waals surface area contributed by atoms with E-state index in [0.29, 0.717) is 45.2 Å². The number of nitrogens with one attached hydrogen (secondary N) is 1. The second-order valence-corrected chi connectivity index (χ2v) is 16.5. The van der Waals surface area contributed by atoms with E-state index in [-0.39, 0.29) is 44.0 Å².